The van der Waals surface area contributed by atoms with Crippen LogP contribution in [0.1, 0.15) is 56.2 Å². The first-order valence-electron chi connectivity index (χ1n) is 8.85. The molecule has 0 spiro atoms. The van der Waals surface area contributed by atoms with Crippen molar-refractivity contribution in [1.29, 1.82) is 0 Å². The molecule has 1 atom stereocenters. The van der Waals surface area contributed by atoms with E-state index in [0.717, 1.165) is 45.2 Å². The smallest absolute Gasteiger partial charge is 0.240 e. The highest BCUT2D eigenvalue weighted by atomic mass is 16.2. The highest BCUT2D eigenvalue weighted by Gasteiger charge is 2.47. The van der Waals surface area contributed by atoms with Crippen molar-refractivity contribution in [3.05, 3.63) is 17.5 Å². The van der Waals surface area contributed by atoms with E-state index in [2.05, 4.69) is 20.4 Å². The Morgan fingerprint density at radius 2 is 2.05 bits per heavy atom. The van der Waals surface area contributed by atoms with Crippen molar-refractivity contribution in [1.82, 2.24) is 20.4 Å². The van der Waals surface area contributed by atoms with E-state index in [0.29, 0.717) is 5.91 Å². The third kappa shape index (κ3) is 2.35. The number of fused-ring (bicyclic) bond motifs is 1. The lowest BCUT2D eigenvalue weighted by atomic mass is 9.90. The molecule has 2 aliphatic carbocycles. The Kier molecular flexibility index (Phi) is 3.68. The minimum absolute atomic E-state index is 0.204. The van der Waals surface area contributed by atoms with Gasteiger partial charge < -0.3 is 5.32 Å². The Labute approximate surface area is 131 Å². The van der Waals surface area contributed by atoms with E-state index in [4.69, 9.17) is 0 Å². The summed E-state index contributed by atoms with van der Waals surface area (Å²) < 4.78 is 0. The zero-order valence-electron chi connectivity index (χ0n) is 13.2. The van der Waals surface area contributed by atoms with Gasteiger partial charge in [0.2, 0.25) is 5.91 Å². The van der Waals surface area contributed by atoms with Crippen molar-refractivity contribution < 1.29 is 4.79 Å². The number of hydrogen-bond donors (Lipinski definition) is 2. The summed E-state index contributed by atoms with van der Waals surface area (Å²) in [5, 5.41) is 10.6. The molecule has 1 saturated heterocycles. The van der Waals surface area contributed by atoms with Crippen molar-refractivity contribution in [2.75, 3.05) is 13.1 Å². The van der Waals surface area contributed by atoms with Gasteiger partial charge >= 0.3 is 0 Å². The van der Waals surface area contributed by atoms with E-state index in [1.54, 1.807) is 0 Å². The van der Waals surface area contributed by atoms with Crippen LogP contribution in [0.25, 0.3) is 0 Å². The van der Waals surface area contributed by atoms with Gasteiger partial charge in [-0.3, -0.25) is 14.8 Å². The summed E-state index contributed by atoms with van der Waals surface area (Å²) in [6.45, 7) is 2.20. The second kappa shape index (κ2) is 5.69. The van der Waals surface area contributed by atoms with Gasteiger partial charge in [0, 0.05) is 18.2 Å². The van der Waals surface area contributed by atoms with E-state index in [1.165, 1.54) is 36.9 Å². The monoisotopic (exact) mass is 302 g/mol. The van der Waals surface area contributed by atoms with Crippen LogP contribution in [0.4, 0.5) is 0 Å². The average molecular weight is 302 g/mol. The van der Waals surface area contributed by atoms with Crippen LogP contribution in [0, 0.1) is 0 Å². The fourth-order valence-electron chi connectivity index (χ4n) is 4.64. The lowest BCUT2D eigenvalue weighted by molar-refractivity contribution is -0.133. The number of nitrogens with one attached hydrogen (secondary N) is 2. The molecule has 5 heteroatoms. The molecule has 0 aromatic carbocycles. The third-order valence-electron chi connectivity index (χ3n) is 5.92. The van der Waals surface area contributed by atoms with Gasteiger partial charge in [-0.2, -0.15) is 5.10 Å². The predicted octanol–water partition coefficient (Wildman–Crippen LogP) is 1.79. The van der Waals surface area contributed by atoms with Crippen LogP contribution in [0.3, 0.4) is 0 Å². The number of aryl methyl sites for hydroxylation is 1. The van der Waals surface area contributed by atoms with Gasteiger partial charge in [0.05, 0.1) is 6.20 Å². The van der Waals surface area contributed by atoms with Crippen molar-refractivity contribution >= 4 is 5.91 Å². The van der Waals surface area contributed by atoms with Gasteiger partial charge in [-0.15, -0.1) is 0 Å². The molecule has 1 saturated carbocycles. The largest absolute Gasteiger partial charge is 0.351 e. The number of H-pyrrole nitrogens is 1. The molecular formula is C17H26N4O. The lowest BCUT2D eigenvalue weighted by Crippen LogP contribution is -2.58. The molecule has 1 aromatic rings. The molecule has 2 heterocycles. The van der Waals surface area contributed by atoms with Crippen LogP contribution in [0.15, 0.2) is 6.20 Å². The maximum atomic E-state index is 13.1. The Balaban J connectivity index is 1.46. The predicted molar refractivity (Wildman–Crippen MR) is 84.5 cm³/mol. The summed E-state index contributed by atoms with van der Waals surface area (Å²) in [6.07, 6.45) is 11.8. The maximum absolute atomic E-state index is 13.1. The molecule has 5 nitrogen and oxygen atoms in total. The summed E-state index contributed by atoms with van der Waals surface area (Å²) in [4.78, 5) is 15.6. The minimum atomic E-state index is -0.204. The molecule has 1 amide bonds. The zero-order valence-corrected chi connectivity index (χ0v) is 13.2. The van der Waals surface area contributed by atoms with Crippen molar-refractivity contribution in [2.45, 2.75) is 69.4 Å². The molecule has 120 valence electrons. The molecule has 0 radical (unpaired) electrons. The number of hydrogen-bond acceptors (Lipinski definition) is 3. The minimum Gasteiger partial charge on any atom is -0.351 e. The summed E-state index contributed by atoms with van der Waals surface area (Å²) in [5.74, 6) is 0.292. The molecule has 0 unspecified atom stereocenters. The summed E-state index contributed by atoms with van der Waals surface area (Å²) >= 11 is 0. The summed E-state index contributed by atoms with van der Waals surface area (Å²) in [6, 6.07) is 0.264. The Morgan fingerprint density at radius 3 is 2.82 bits per heavy atom. The molecule has 3 aliphatic rings. The number of amides is 1. The van der Waals surface area contributed by atoms with E-state index in [1.807, 2.05) is 6.20 Å². The normalized spacial score (nSPS) is 27.7. The zero-order chi connectivity index (χ0) is 15.0. The molecule has 1 aromatic heterocycles. The van der Waals surface area contributed by atoms with Crippen LogP contribution in [0.2, 0.25) is 0 Å². The molecule has 2 fully saturated rings. The number of nitrogens with zero attached hydrogens (tertiary/aromatic N) is 2. The molecule has 22 heavy (non-hydrogen) atoms. The molecular weight excluding hydrogens is 276 g/mol. The Morgan fingerprint density at radius 1 is 1.27 bits per heavy atom. The van der Waals surface area contributed by atoms with Gasteiger partial charge in [-0.1, -0.05) is 12.8 Å². The second-order valence-corrected chi connectivity index (χ2v) is 7.22. The van der Waals surface area contributed by atoms with Crippen molar-refractivity contribution in [2.24, 2.45) is 0 Å². The van der Waals surface area contributed by atoms with E-state index in [-0.39, 0.29) is 11.6 Å². The van der Waals surface area contributed by atoms with Gasteiger partial charge in [-0.25, -0.2) is 0 Å². The fourth-order valence-corrected chi connectivity index (χ4v) is 4.64. The standard InChI is InChI=1S/C17H26N4O/c22-16(17(7-1-2-8-17)21-9-3-4-10-21)19-14-6-5-13-12-18-20-15(13)11-14/h12,14H,1-11H2,(H,18,20)(H,19,22)/t14-/m1/s1. The lowest BCUT2D eigenvalue weighted by Gasteiger charge is -2.38. The quantitative estimate of drug-likeness (QED) is 0.895. The molecule has 4 rings (SSSR count). The van der Waals surface area contributed by atoms with E-state index >= 15 is 0 Å². The number of likely N-dealkylation sites (tertiary alicyclic amines) is 1. The van der Waals surface area contributed by atoms with Gasteiger partial charge in [0.25, 0.3) is 0 Å². The Bertz CT molecular complexity index is 541. The Hall–Kier alpha value is -1.36. The number of carbonyl (C=O) groups excluding carboxylic acids is 1. The topological polar surface area (TPSA) is 61.0 Å². The number of rotatable bonds is 3. The van der Waals surface area contributed by atoms with Gasteiger partial charge in [-0.05, 0) is 57.2 Å². The second-order valence-electron chi connectivity index (χ2n) is 7.22. The number of carbonyl (C=O) groups is 1. The van der Waals surface area contributed by atoms with Gasteiger partial charge in [0.15, 0.2) is 0 Å². The maximum Gasteiger partial charge on any atom is 0.240 e. The van der Waals surface area contributed by atoms with E-state index < -0.39 is 0 Å². The van der Waals surface area contributed by atoms with Crippen LogP contribution < -0.4 is 5.32 Å². The highest BCUT2D eigenvalue weighted by Crippen LogP contribution is 2.38. The molecule has 0 bridgehead atoms. The van der Waals surface area contributed by atoms with Crippen LogP contribution >= 0.6 is 0 Å². The van der Waals surface area contributed by atoms with Crippen molar-refractivity contribution in [3.63, 3.8) is 0 Å². The highest BCUT2D eigenvalue weighted by molar-refractivity contribution is 5.87. The third-order valence-corrected chi connectivity index (χ3v) is 5.92. The van der Waals surface area contributed by atoms with E-state index in [9.17, 15) is 4.79 Å². The molecule has 2 N–H and O–H groups in total. The first-order chi connectivity index (χ1) is 10.8. The SMILES string of the molecule is O=C(N[C@@H]1CCc2cn[nH]c2C1)C1(N2CCCC2)CCCC1. The van der Waals surface area contributed by atoms with Crippen LogP contribution in [-0.4, -0.2) is 45.7 Å². The van der Waals surface area contributed by atoms with Gasteiger partial charge in [0.1, 0.15) is 5.54 Å². The van der Waals surface area contributed by atoms with Crippen molar-refractivity contribution in [3.8, 4) is 0 Å². The fraction of sp³-hybridized carbons (Fsp3) is 0.765. The molecule has 1 aliphatic heterocycles. The average Bonchev–Trinajstić information content (AvgIpc) is 3.27. The summed E-state index contributed by atoms with van der Waals surface area (Å²) in [5.41, 5.74) is 2.32. The first kappa shape index (κ1) is 14.2. The number of aromatic amines is 1. The van der Waals surface area contributed by atoms with Crippen LogP contribution in [-0.2, 0) is 17.6 Å². The van der Waals surface area contributed by atoms with Crippen LogP contribution in [0.5, 0.6) is 0 Å². The summed E-state index contributed by atoms with van der Waals surface area (Å²) in [7, 11) is 0. The number of aromatic nitrogens is 2. The first-order valence-corrected chi connectivity index (χ1v) is 8.85.